The summed E-state index contributed by atoms with van der Waals surface area (Å²) in [5, 5.41) is 12.0. The summed E-state index contributed by atoms with van der Waals surface area (Å²) in [5.41, 5.74) is 5.17. The number of nitrogens with zero attached hydrogens (tertiary/aromatic N) is 2. The molecule has 6 N–H and O–H groups in total. The molecule has 0 radical (unpaired) electrons. The van der Waals surface area contributed by atoms with Crippen molar-refractivity contribution in [2.45, 2.75) is 43.8 Å². The highest BCUT2D eigenvalue weighted by molar-refractivity contribution is 5.94. The Morgan fingerprint density at radius 1 is 1.16 bits per heavy atom. The fraction of sp³-hybridized carbons (Fsp3) is 0.346. The lowest BCUT2D eigenvalue weighted by Gasteiger charge is -2.23. The molecule has 2 aromatic carbocycles. The summed E-state index contributed by atoms with van der Waals surface area (Å²) in [7, 11) is 0. The van der Waals surface area contributed by atoms with E-state index in [1.54, 1.807) is 0 Å². The van der Waals surface area contributed by atoms with Crippen LogP contribution in [0.5, 0.6) is 0 Å². The Morgan fingerprint density at radius 3 is 2.47 bits per heavy atom. The fourth-order valence-electron chi connectivity index (χ4n) is 4.86. The normalized spacial score (nSPS) is 17.4. The average Bonchev–Trinajstić information content (AvgIpc) is 3.59. The molecule has 38 heavy (non-hydrogen) atoms. The van der Waals surface area contributed by atoms with E-state index in [1.807, 2.05) is 30.3 Å². The number of aromatic carboxylic acids is 1. The summed E-state index contributed by atoms with van der Waals surface area (Å²) in [6.07, 6.45) is 3.41. The van der Waals surface area contributed by atoms with Crippen LogP contribution in [0.4, 0.5) is 14.5 Å². The molecular formula is C26H29ClF2N4O5. The zero-order chi connectivity index (χ0) is 25.6. The second kappa shape index (κ2) is 11.5. The van der Waals surface area contributed by atoms with E-state index in [0.29, 0.717) is 32.2 Å². The summed E-state index contributed by atoms with van der Waals surface area (Å²) in [6, 6.07) is 9.05. The number of hydrogen-bond acceptors (Lipinski definition) is 5. The molecule has 2 heterocycles. The number of amides is 1. The highest BCUT2D eigenvalue weighted by Crippen LogP contribution is 2.40. The van der Waals surface area contributed by atoms with Gasteiger partial charge in [-0.25, -0.2) is 13.6 Å². The number of nitrogens with two attached hydrogens (primary N) is 1. The number of anilines is 1. The van der Waals surface area contributed by atoms with Gasteiger partial charge < -0.3 is 31.1 Å². The molecule has 2 aliphatic rings. The molecule has 1 saturated carbocycles. The molecule has 204 valence electrons. The van der Waals surface area contributed by atoms with Crippen molar-refractivity contribution in [3.63, 3.8) is 0 Å². The molecule has 12 heteroatoms. The van der Waals surface area contributed by atoms with Crippen LogP contribution in [0, 0.1) is 11.6 Å². The molecule has 1 aromatic heterocycles. The predicted molar refractivity (Wildman–Crippen MR) is 141 cm³/mol. The SMILES string of the molecule is Cl.N[C@@H](Cc1ccccc1)C(=O)NC1CCN(c2c(F)cc3c(=O)c(C(=O)O)cn(C4CC4)c3c2F)C1.O. The second-order valence-electron chi connectivity index (χ2n) is 9.47. The van der Waals surface area contributed by atoms with E-state index in [9.17, 15) is 19.5 Å². The van der Waals surface area contributed by atoms with Crippen LogP contribution in [-0.4, -0.2) is 52.2 Å². The standard InChI is InChI=1S/C26H26F2N4O4.ClH.H2O/c27-19-11-17-22(32(16-6-7-16)13-18(24(17)33)26(35)36)21(28)23(19)31-9-8-15(12-31)30-25(34)20(29)10-14-4-2-1-3-5-14;;/h1-5,11,13,15-16,20H,6-10,12,29H2,(H,30,34)(H,35,36);1H;1H2/t15?,20-;;/m0../s1. The third kappa shape index (κ3) is 5.50. The number of carbonyl (C=O) groups is 2. The lowest BCUT2D eigenvalue weighted by Crippen LogP contribution is -2.47. The van der Waals surface area contributed by atoms with E-state index < -0.39 is 34.6 Å². The van der Waals surface area contributed by atoms with Crippen molar-refractivity contribution in [3.8, 4) is 0 Å². The molecule has 1 unspecified atom stereocenters. The highest BCUT2D eigenvalue weighted by atomic mass is 35.5. The summed E-state index contributed by atoms with van der Waals surface area (Å²) in [4.78, 5) is 38.3. The van der Waals surface area contributed by atoms with Crippen molar-refractivity contribution in [2.75, 3.05) is 18.0 Å². The molecule has 1 saturated heterocycles. The first-order chi connectivity index (χ1) is 17.2. The molecule has 3 aromatic rings. The fourth-order valence-corrected chi connectivity index (χ4v) is 4.86. The Balaban J connectivity index is 0.00000200. The minimum Gasteiger partial charge on any atom is -0.477 e. The molecule has 1 aliphatic heterocycles. The summed E-state index contributed by atoms with van der Waals surface area (Å²) >= 11 is 0. The van der Waals surface area contributed by atoms with Gasteiger partial charge >= 0.3 is 5.97 Å². The molecular weight excluding hydrogens is 522 g/mol. The number of rotatable bonds is 7. The number of carboxylic acid groups (broad SMARTS) is 1. The van der Waals surface area contributed by atoms with Crippen molar-refractivity contribution < 1.29 is 29.0 Å². The average molecular weight is 551 g/mol. The second-order valence-corrected chi connectivity index (χ2v) is 9.47. The van der Waals surface area contributed by atoms with Gasteiger partial charge in [-0.2, -0.15) is 0 Å². The van der Waals surface area contributed by atoms with Gasteiger partial charge in [-0.05, 0) is 37.3 Å². The first-order valence-electron chi connectivity index (χ1n) is 11.9. The Kier molecular flexibility index (Phi) is 8.75. The number of hydrogen-bond donors (Lipinski definition) is 3. The largest absolute Gasteiger partial charge is 0.477 e. The van der Waals surface area contributed by atoms with Gasteiger partial charge in [0.1, 0.15) is 17.1 Å². The summed E-state index contributed by atoms with van der Waals surface area (Å²) in [5.74, 6) is -3.63. The summed E-state index contributed by atoms with van der Waals surface area (Å²) in [6.45, 7) is 0.461. The molecule has 2 atom stereocenters. The maximum absolute atomic E-state index is 15.8. The summed E-state index contributed by atoms with van der Waals surface area (Å²) < 4.78 is 32.4. The van der Waals surface area contributed by atoms with E-state index >= 15 is 8.78 Å². The van der Waals surface area contributed by atoms with Crippen molar-refractivity contribution in [1.82, 2.24) is 9.88 Å². The quantitative estimate of drug-likeness (QED) is 0.410. The van der Waals surface area contributed by atoms with Gasteiger partial charge in [0.2, 0.25) is 11.3 Å². The molecule has 0 bridgehead atoms. The molecule has 1 amide bonds. The first kappa shape index (κ1) is 29.0. The molecule has 0 spiro atoms. The zero-order valence-corrected chi connectivity index (χ0v) is 21.1. The number of aromatic nitrogens is 1. The van der Waals surface area contributed by atoms with Crippen molar-refractivity contribution in [2.24, 2.45) is 5.73 Å². The third-order valence-electron chi connectivity index (χ3n) is 6.84. The van der Waals surface area contributed by atoms with Crippen LogP contribution in [-0.2, 0) is 11.2 Å². The molecule has 1 aliphatic carbocycles. The Labute approximate surface area is 222 Å². The number of carbonyl (C=O) groups excluding carboxylic acids is 1. The van der Waals surface area contributed by atoms with Gasteiger partial charge in [0.05, 0.1) is 16.9 Å². The van der Waals surface area contributed by atoms with Crippen LogP contribution in [0.1, 0.15) is 41.2 Å². The van der Waals surface area contributed by atoms with Crippen molar-refractivity contribution in [3.05, 3.63) is 75.6 Å². The lowest BCUT2D eigenvalue weighted by atomic mass is 10.1. The molecule has 2 fully saturated rings. The van der Waals surface area contributed by atoms with E-state index in [0.717, 1.165) is 17.8 Å². The van der Waals surface area contributed by atoms with E-state index in [-0.39, 0.29) is 59.0 Å². The van der Waals surface area contributed by atoms with Gasteiger partial charge in [0, 0.05) is 31.4 Å². The van der Waals surface area contributed by atoms with Crippen LogP contribution in [0.3, 0.4) is 0 Å². The number of pyridine rings is 1. The smallest absolute Gasteiger partial charge is 0.341 e. The Hall–Kier alpha value is -3.54. The first-order valence-corrected chi connectivity index (χ1v) is 11.9. The third-order valence-corrected chi connectivity index (χ3v) is 6.84. The number of carboxylic acids is 1. The zero-order valence-electron chi connectivity index (χ0n) is 20.3. The number of fused-ring (bicyclic) bond motifs is 1. The van der Waals surface area contributed by atoms with Crippen LogP contribution in [0.25, 0.3) is 10.9 Å². The van der Waals surface area contributed by atoms with Crippen molar-refractivity contribution >= 4 is 40.9 Å². The number of nitrogens with one attached hydrogen (secondary N) is 1. The monoisotopic (exact) mass is 550 g/mol. The van der Waals surface area contributed by atoms with Gasteiger partial charge in [-0.3, -0.25) is 9.59 Å². The Morgan fingerprint density at radius 2 is 1.84 bits per heavy atom. The topological polar surface area (TPSA) is 149 Å². The minimum atomic E-state index is -1.44. The highest BCUT2D eigenvalue weighted by Gasteiger charge is 2.33. The van der Waals surface area contributed by atoms with Crippen LogP contribution in [0.2, 0.25) is 0 Å². The number of halogens is 3. The van der Waals surface area contributed by atoms with Crippen LogP contribution >= 0.6 is 12.4 Å². The van der Waals surface area contributed by atoms with Gasteiger partial charge in [-0.15, -0.1) is 12.4 Å². The van der Waals surface area contributed by atoms with Crippen LogP contribution < -0.4 is 21.4 Å². The van der Waals surface area contributed by atoms with Gasteiger partial charge in [0.25, 0.3) is 0 Å². The predicted octanol–water partition coefficient (Wildman–Crippen LogP) is 2.17. The van der Waals surface area contributed by atoms with Gasteiger partial charge in [0.15, 0.2) is 5.82 Å². The lowest BCUT2D eigenvalue weighted by molar-refractivity contribution is -0.122. The molecule has 5 rings (SSSR count). The van der Waals surface area contributed by atoms with E-state index in [1.165, 1.54) is 9.47 Å². The minimum absolute atomic E-state index is 0. The molecule has 9 nitrogen and oxygen atoms in total. The van der Waals surface area contributed by atoms with E-state index in [2.05, 4.69) is 5.32 Å². The van der Waals surface area contributed by atoms with Crippen molar-refractivity contribution in [1.29, 1.82) is 0 Å². The maximum atomic E-state index is 15.8. The van der Waals surface area contributed by atoms with E-state index in [4.69, 9.17) is 5.73 Å². The Bertz CT molecular complexity index is 1410. The maximum Gasteiger partial charge on any atom is 0.341 e. The van der Waals surface area contributed by atoms with Gasteiger partial charge in [-0.1, -0.05) is 30.3 Å². The van der Waals surface area contributed by atoms with Crippen LogP contribution in [0.15, 0.2) is 47.4 Å². The number of benzene rings is 2.